The molecule has 5 rings (SSSR count). The third-order valence-electron chi connectivity index (χ3n) is 4.54. The second-order valence-corrected chi connectivity index (χ2v) is 9.13. The number of anilines is 1. The number of H-pyrrole nitrogens is 1. The second kappa shape index (κ2) is 8.00. The van der Waals surface area contributed by atoms with E-state index in [2.05, 4.69) is 20.5 Å². The number of fused-ring (bicyclic) bond motifs is 2. The lowest BCUT2D eigenvalue weighted by molar-refractivity contribution is -0.105. The molecular formula is C20H19FN4O2S2. The molecule has 150 valence electrons. The number of carbonyl (C=O) groups is 1. The minimum Gasteiger partial charge on any atom is -0.305 e. The van der Waals surface area contributed by atoms with Crippen LogP contribution in [0.25, 0.3) is 32.2 Å². The summed E-state index contributed by atoms with van der Waals surface area (Å²) in [6, 6.07) is 5.58. The maximum absolute atomic E-state index is 14.9. The Labute approximate surface area is 173 Å². The van der Waals surface area contributed by atoms with E-state index in [1.165, 1.54) is 36.9 Å². The lowest BCUT2D eigenvalue weighted by Crippen LogP contribution is -2.00. The quantitative estimate of drug-likeness (QED) is 0.457. The molecule has 9 heteroatoms. The Morgan fingerprint density at radius 3 is 2.72 bits per heavy atom. The van der Waals surface area contributed by atoms with E-state index in [4.69, 9.17) is 0 Å². The second-order valence-electron chi connectivity index (χ2n) is 6.78. The van der Waals surface area contributed by atoms with E-state index < -0.39 is 16.6 Å². The molecular weight excluding hydrogens is 411 g/mol. The summed E-state index contributed by atoms with van der Waals surface area (Å²) in [6.07, 6.45) is 8.14. The average molecular weight is 431 g/mol. The van der Waals surface area contributed by atoms with Crippen molar-refractivity contribution in [1.29, 1.82) is 0 Å². The highest BCUT2D eigenvalue weighted by molar-refractivity contribution is 7.84. The van der Waals surface area contributed by atoms with Crippen molar-refractivity contribution in [3.05, 3.63) is 35.8 Å². The van der Waals surface area contributed by atoms with Crippen molar-refractivity contribution in [1.82, 2.24) is 15.2 Å². The summed E-state index contributed by atoms with van der Waals surface area (Å²) in [7, 11) is -1.49. The van der Waals surface area contributed by atoms with E-state index in [0.717, 1.165) is 15.8 Å². The highest BCUT2D eigenvalue weighted by atomic mass is 32.2. The molecule has 1 fully saturated rings. The van der Waals surface area contributed by atoms with Crippen LogP contribution >= 0.6 is 11.3 Å². The molecule has 0 aliphatic heterocycles. The molecule has 2 N–H and O–H groups in total. The maximum Gasteiger partial charge on any atom is 0.213 e. The minimum absolute atomic E-state index is 0.134. The summed E-state index contributed by atoms with van der Waals surface area (Å²) in [6.45, 7) is 1.67. The predicted molar refractivity (Wildman–Crippen MR) is 115 cm³/mol. The Balaban J connectivity index is 0.000000626. The summed E-state index contributed by atoms with van der Waals surface area (Å²) in [5.74, 6) is -0.495. The van der Waals surface area contributed by atoms with Crippen LogP contribution in [0.3, 0.4) is 0 Å². The van der Waals surface area contributed by atoms with E-state index in [9.17, 15) is 13.4 Å². The van der Waals surface area contributed by atoms with Crippen LogP contribution in [0.4, 0.5) is 9.52 Å². The van der Waals surface area contributed by atoms with Gasteiger partial charge in [-0.3, -0.25) is 14.1 Å². The predicted octanol–water partition coefficient (Wildman–Crippen LogP) is 4.76. The van der Waals surface area contributed by atoms with Gasteiger partial charge in [-0.25, -0.2) is 9.37 Å². The standard InChI is InChI=1S/C17H13FN4O2S2.C3H6/c1-8-13(10-6-20-22-15(10)16(14(8)18)26(2)24)9-3-4-11-12(5-9)25-17(21-11)19-7-23;1-2-3-1/h3-7H,1-2H3,(H,20,22)(H,19,21,23);1-3H2. The van der Waals surface area contributed by atoms with Gasteiger partial charge in [-0.15, -0.1) is 0 Å². The molecule has 0 saturated heterocycles. The third-order valence-corrected chi connectivity index (χ3v) is 6.45. The van der Waals surface area contributed by atoms with Crippen molar-refractivity contribution < 1.29 is 13.4 Å². The van der Waals surface area contributed by atoms with Gasteiger partial charge in [0, 0.05) is 11.6 Å². The summed E-state index contributed by atoms with van der Waals surface area (Å²) >= 11 is 1.34. The van der Waals surface area contributed by atoms with Crippen LogP contribution in [0.1, 0.15) is 24.8 Å². The van der Waals surface area contributed by atoms with Gasteiger partial charge >= 0.3 is 0 Å². The highest BCUT2D eigenvalue weighted by Crippen LogP contribution is 2.38. The Kier molecular flexibility index (Phi) is 5.42. The molecule has 1 unspecified atom stereocenters. The topological polar surface area (TPSA) is 87.7 Å². The first-order chi connectivity index (χ1) is 14.0. The van der Waals surface area contributed by atoms with Crippen LogP contribution in [0.5, 0.6) is 0 Å². The zero-order chi connectivity index (χ0) is 20.5. The number of hydrogen-bond donors (Lipinski definition) is 2. The number of hydrogen-bond acceptors (Lipinski definition) is 5. The first-order valence-corrected chi connectivity index (χ1v) is 11.5. The van der Waals surface area contributed by atoms with Crippen LogP contribution < -0.4 is 5.32 Å². The third kappa shape index (κ3) is 3.79. The molecule has 0 bridgehead atoms. The molecule has 0 spiro atoms. The van der Waals surface area contributed by atoms with Gasteiger partial charge in [0.25, 0.3) is 0 Å². The number of benzene rings is 2. The van der Waals surface area contributed by atoms with Crippen LogP contribution in [-0.2, 0) is 15.6 Å². The zero-order valence-electron chi connectivity index (χ0n) is 15.9. The van der Waals surface area contributed by atoms with E-state index in [1.54, 1.807) is 13.1 Å². The smallest absolute Gasteiger partial charge is 0.213 e. The first-order valence-electron chi connectivity index (χ1n) is 9.11. The molecule has 2 aromatic carbocycles. The van der Waals surface area contributed by atoms with E-state index in [0.29, 0.717) is 33.6 Å². The summed E-state index contributed by atoms with van der Waals surface area (Å²) in [5, 5.41) is 10.5. The van der Waals surface area contributed by atoms with E-state index >= 15 is 0 Å². The summed E-state index contributed by atoms with van der Waals surface area (Å²) < 4.78 is 27.8. The number of aromatic amines is 1. The van der Waals surface area contributed by atoms with E-state index in [1.807, 2.05) is 18.2 Å². The van der Waals surface area contributed by atoms with Crippen molar-refractivity contribution in [2.45, 2.75) is 31.1 Å². The SMILES string of the molecule is C1CC1.Cc1c(F)c(S(C)=O)c2[nH]ncc2c1-c1ccc2nc(NC=O)sc2c1. The number of aromatic nitrogens is 3. The molecule has 1 aliphatic carbocycles. The van der Waals surface area contributed by atoms with Crippen molar-refractivity contribution in [3.8, 4) is 11.1 Å². The molecule has 1 amide bonds. The normalized spacial score (nSPS) is 13.8. The fraction of sp³-hybridized carbons (Fsp3) is 0.250. The Hall–Kier alpha value is -2.65. The summed E-state index contributed by atoms with van der Waals surface area (Å²) in [5.41, 5.74) is 3.10. The number of thiazole rings is 1. The van der Waals surface area contributed by atoms with Gasteiger partial charge in [0.1, 0.15) is 10.7 Å². The number of rotatable bonds is 4. The largest absolute Gasteiger partial charge is 0.305 e. The maximum atomic E-state index is 14.9. The zero-order valence-corrected chi connectivity index (χ0v) is 17.5. The lowest BCUT2D eigenvalue weighted by Gasteiger charge is -2.12. The molecule has 29 heavy (non-hydrogen) atoms. The van der Waals surface area contributed by atoms with Crippen LogP contribution in [-0.4, -0.2) is 32.1 Å². The van der Waals surface area contributed by atoms with Gasteiger partial charge in [0.2, 0.25) is 6.41 Å². The van der Waals surface area contributed by atoms with Crippen molar-refractivity contribution in [2.24, 2.45) is 0 Å². The number of amides is 1. The van der Waals surface area contributed by atoms with Crippen molar-refractivity contribution >= 4 is 54.8 Å². The van der Waals surface area contributed by atoms with Gasteiger partial charge in [-0.05, 0) is 35.7 Å². The molecule has 1 saturated carbocycles. The molecule has 4 aromatic rings. The summed E-state index contributed by atoms with van der Waals surface area (Å²) in [4.78, 5) is 15.0. The molecule has 1 atom stereocenters. The first kappa shape index (κ1) is 19.7. The van der Waals surface area contributed by atoms with Crippen molar-refractivity contribution in [2.75, 3.05) is 11.6 Å². The fourth-order valence-corrected chi connectivity index (χ4v) is 4.79. The molecule has 1 aliphatic rings. The molecule has 6 nitrogen and oxygen atoms in total. The van der Waals surface area contributed by atoms with Gasteiger partial charge in [0.05, 0.1) is 32.7 Å². The minimum atomic E-state index is -1.49. The number of carbonyl (C=O) groups excluding carboxylic acids is 1. The van der Waals surface area contributed by atoms with Crippen LogP contribution in [0, 0.1) is 12.7 Å². The number of halogens is 1. The molecule has 2 aromatic heterocycles. The monoisotopic (exact) mass is 430 g/mol. The number of nitrogens with zero attached hydrogens (tertiary/aromatic N) is 2. The Morgan fingerprint density at radius 2 is 2.07 bits per heavy atom. The van der Waals surface area contributed by atoms with Gasteiger partial charge in [0.15, 0.2) is 5.13 Å². The van der Waals surface area contributed by atoms with Crippen LogP contribution in [0.15, 0.2) is 29.3 Å². The van der Waals surface area contributed by atoms with E-state index in [-0.39, 0.29) is 4.90 Å². The van der Waals surface area contributed by atoms with Crippen LogP contribution in [0.2, 0.25) is 0 Å². The van der Waals surface area contributed by atoms with Gasteiger partial charge < -0.3 is 5.32 Å². The Morgan fingerprint density at radius 1 is 1.31 bits per heavy atom. The van der Waals surface area contributed by atoms with Gasteiger partial charge in [-0.1, -0.05) is 36.7 Å². The van der Waals surface area contributed by atoms with Gasteiger partial charge in [-0.2, -0.15) is 5.10 Å². The Bertz CT molecular complexity index is 1240. The molecule has 2 heterocycles. The lowest BCUT2D eigenvalue weighted by atomic mass is 9.96. The molecule has 0 radical (unpaired) electrons. The average Bonchev–Trinajstić information content (AvgIpc) is 3.41. The fourth-order valence-electron chi connectivity index (χ4n) is 3.07. The highest BCUT2D eigenvalue weighted by Gasteiger charge is 2.22. The number of nitrogens with one attached hydrogen (secondary N) is 2. The van der Waals surface area contributed by atoms with Crippen molar-refractivity contribution in [3.63, 3.8) is 0 Å².